The maximum atomic E-state index is 13.0. The molecule has 2 aromatic rings. The normalized spacial score (nSPS) is 16.2. The molecule has 7 nitrogen and oxygen atoms in total. The van der Waals surface area contributed by atoms with Crippen LogP contribution in [0.1, 0.15) is 11.1 Å². The van der Waals surface area contributed by atoms with Gasteiger partial charge < -0.3 is 5.11 Å². The molecule has 2 aliphatic heterocycles. The minimum atomic E-state index is -4.54. The van der Waals surface area contributed by atoms with Gasteiger partial charge in [0, 0.05) is 6.08 Å². The largest absolute Gasteiger partial charge is 0.492 e. The summed E-state index contributed by atoms with van der Waals surface area (Å²) in [6.07, 6.45) is -3.38. The van der Waals surface area contributed by atoms with Gasteiger partial charge in [-0.25, -0.2) is 5.01 Å². The minimum absolute atomic E-state index is 0.0257. The van der Waals surface area contributed by atoms with Gasteiger partial charge in [0.05, 0.1) is 27.4 Å². The molecular weight excluding hydrogens is 365 g/mol. The Labute approximate surface area is 150 Å². The summed E-state index contributed by atoms with van der Waals surface area (Å²) in [6.45, 7) is 0. The Morgan fingerprint density at radius 1 is 1.07 bits per heavy atom. The molecule has 0 unspecified atom stereocenters. The van der Waals surface area contributed by atoms with Gasteiger partial charge in [-0.1, -0.05) is 18.2 Å². The SMILES string of the molecule is O=[N+]([O-])C1=CC2=C(O)N(c3cccc(C(F)(F)F)c3)NN2c2ccccc21. The Morgan fingerprint density at radius 2 is 1.81 bits per heavy atom. The van der Waals surface area contributed by atoms with Crippen LogP contribution in [0.5, 0.6) is 0 Å². The highest BCUT2D eigenvalue weighted by atomic mass is 19.4. The van der Waals surface area contributed by atoms with Gasteiger partial charge in [-0.15, -0.1) is 5.53 Å². The van der Waals surface area contributed by atoms with Gasteiger partial charge in [0.1, 0.15) is 5.70 Å². The van der Waals surface area contributed by atoms with Gasteiger partial charge in [-0.2, -0.15) is 13.2 Å². The molecule has 0 spiro atoms. The smallest absolute Gasteiger partial charge is 0.416 e. The van der Waals surface area contributed by atoms with E-state index in [-0.39, 0.29) is 17.1 Å². The number of halogens is 3. The molecule has 10 heteroatoms. The van der Waals surface area contributed by atoms with Crippen LogP contribution in [0.15, 0.2) is 66.2 Å². The van der Waals surface area contributed by atoms with E-state index in [0.717, 1.165) is 23.2 Å². The van der Waals surface area contributed by atoms with Crippen molar-refractivity contribution in [3.63, 3.8) is 0 Å². The number of nitro groups is 1. The molecule has 0 aliphatic carbocycles. The number of aliphatic hydroxyl groups is 1. The summed E-state index contributed by atoms with van der Waals surface area (Å²) in [5.74, 6) is -0.455. The lowest BCUT2D eigenvalue weighted by atomic mass is 10.0. The van der Waals surface area contributed by atoms with Crippen molar-refractivity contribution in [2.24, 2.45) is 0 Å². The first-order valence-electron chi connectivity index (χ1n) is 7.70. The third-order valence-electron chi connectivity index (χ3n) is 4.20. The first kappa shape index (κ1) is 16.9. The second kappa shape index (κ2) is 5.74. The molecule has 2 heterocycles. The number of nitrogens with zero attached hydrogens (tertiary/aromatic N) is 3. The van der Waals surface area contributed by atoms with Gasteiger partial charge in [-0.05, 0) is 30.3 Å². The van der Waals surface area contributed by atoms with Crippen molar-refractivity contribution in [1.82, 2.24) is 5.53 Å². The van der Waals surface area contributed by atoms with Gasteiger partial charge in [-0.3, -0.25) is 15.1 Å². The average molecular weight is 376 g/mol. The number of hydrazine groups is 2. The van der Waals surface area contributed by atoms with E-state index in [2.05, 4.69) is 5.53 Å². The molecule has 2 aromatic carbocycles. The zero-order valence-electron chi connectivity index (χ0n) is 13.4. The second-order valence-corrected chi connectivity index (χ2v) is 5.83. The Morgan fingerprint density at radius 3 is 2.52 bits per heavy atom. The number of hydrogen-bond acceptors (Lipinski definition) is 6. The van der Waals surface area contributed by atoms with Crippen molar-refractivity contribution in [1.29, 1.82) is 0 Å². The van der Waals surface area contributed by atoms with Gasteiger partial charge in [0.25, 0.3) is 5.70 Å². The fourth-order valence-corrected chi connectivity index (χ4v) is 2.97. The molecular formula is C17H11F3N4O3. The third kappa shape index (κ3) is 2.66. The molecule has 0 fully saturated rings. The molecule has 138 valence electrons. The van der Waals surface area contributed by atoms with Crippen LogP contribution in [-0.4, -0.2) is 10.0 Å². The number of anilines is 2. The molecule has 0 radical (unpaired) electrons. The van der Waals surface area contributed by atoms with Crippen LogP contribution in [0.4, 0.5) is 24.5 Å². The summed E-state index contributed by atoms with van der Waals surface area (Å²) >= 11 is 0. The van der Waals surface area contributed by atoms with E-state index < -0.39 is 22.5 Å². The number of aliphatic hydroxyl groups excluding tert-OH is 1. The Bertz CT molecular complexity index is 1020. The molecule has 0 bridgehead atoms. The molecule has 0 aromatic heterocycles. The summed E-state index contributed by atoms with van der Waals surface area (Å²) in [7, 11) is 0. The van der Waals surface area contributed by atoms with Crippen molar-refractivity contribution < 1.29 is 23.2 Å². The molecule has 0 saturated heterocycles. The average Bonchev–Trinajstić information content (AvgIpc) is 2.97. The van der Waals surface area contributed by atoms with E-state index in [1.165, 1.54) is 17.1 Å². The number of hydrogen-bond donors (Lipinski definition) is 2. The third-order valence-corrected chi connectivity index (χ3v) is 4.20. The second-order valence-electron chi connectivity index (χ2n) is 5.83. The van der Waals surface area contributed by atoms with Crippen LogP contribution >= 0.6 is 0 Å². The molecule has 0 saturated carbocycles. The predicted octanol–water partition coefficient (Wildman–Crippen LogP) is 3.81. The van der Waals surface area contributed by atoms with Crippen LogP contribution in [0.2, 0.25) is 0 Å². The molecule has 0 amide bonds. The molecule has 2 N–H and O–H groups in total. The number of para-hydroxylation sites is 1. The van der Waals surface area contributed by atoms with Crippen molar-refractivity contribution >= 4 is 17.1 Å². The Balaban J connectivity index is 1.82. The van der Waals surface area contributed by atoms with Gasteiger partial charge in [0.2, 0.25) is 5.88 Å². The highest BCUT2D eigenvalue weighted by Crippen LogP contribution is 2.40. The van der Waals surface area contributed by atoms with Crippen LogP contribution < -0.4 is 15.6 Å². The number of nitrogens with one attached hydrogen (secondary N) is 1. The highest BCUT2D eigenvalue weighted by molar-refractivity contribution is 5.82. The zero-order valence-corrected chi connectivity index (χ0v) is 13.4. The first-order valence-corrected chi connectivity index (χ1v) is 7.70. The summed E-state index contributed by atoms with van der Waals surface area (Å²) < 4.78 is 38.9. The summed E-state index contributed by atoms with van der Waals surface area (Å²) in [6, 6.07) is 10.8. The van der Waals surface area contributed by atoms with Crippen LogP contribution in [0.25, 0.3) is 5.70 Å². The zero-order chi connectivity index (χ0) is 19.3. The lowest BCUT2D eigenvalue weighted by Gasteiger charge is -2.27. The van der Waals surface area contributed by atoms with Crippen LogP contribution in [0.3, 0.4) is 0 Å². The number of allylic oxidation sites excluding steroid dienone is 1. The molecule has 0 atom stereocenters. The van der Waals surface area contributed by atoms with Crippen molar-refractivity contribution in [3.05, 3.63) is 87.4 Å². The van der Waals surface area contributed by atoms with E-state index in [0.29, 0.717) is 11.3 Å². The fourth-order valence-electron chi connectivity index (χ4n) is 2.97. The quantitative estimate of drug-likeness (QED) is 0.613. The molecule has 4 rings (SSSR count). The highest BCUT2D eigenvalue weighted by Gasteiger charge is 2.39. The Hall–Kier alpha value is -3.53. The van der Waals surface area contributed by atoms with E-state index in [1.807, 2.05) is 0 Å². The van der Waals surface area contributed by atoms with Crippen molar-refractivity contribution in [2.45, 2.75) is 6.18 Å². The summed E-state index contributed by atoms with van der Waals surface area (Å²) in [4.78, 5) is 10.8. The van der Waals surface area contributed by atoms with Crippen molar-refractivity contribution in [3.8, 4) is 0 Å². The van der Waals surface area contributed by atoms with Crippen molar-refractivity contribution in [2.75, 3.05) is 10.0 Å². The van der Waals surface area contributed by atoms with Gasteiger partial charge in [0.15, 0.2) is 0 Å². The van der Waals surface area contributed by atoms with Crippen LogP contribution in [0, 0.1) is 10.1 Å². The lowest BCUT2D eigenvalue weighted by Crippen LogP contribution is -2.42. The first-order chi connectivity index (χ1) is 12.8. The van der Waals surface area contributed by atoms with E-state index >= 15 is 0 Å². The van der Waals surface area contributed by atoms with E-state index in [4.69, 9.17) is 0 Å². The van der Waals surface area contributed by atoms with Gasteiger partial charge >= 0.3 is 6.18 Å². The summed E-state index contributed by atoms with van der Waals surface area (Å²) in [5.41, 5.74) is 2.44. The molecule has 27 heavy (non-hydrogen) atoms. The Kier molecular flexibility index (Phi) is 3.60. The monoisotopic (exact) mass is 376 g/mol. The number of benzene rings is 2. The molecule has 2 aliphatic rings. The van der Waals surface area contributed by atoms with E-state index in [9.17, 15) is 28.4 Å². The van der Waals surface area contributed by atoms with Crippen LogP contribution in [-0.2, 0) is 6.18 Å². The number of fused-ring (bicyclic) bond motifs is 3. The number of rotatable bonds is 2. The minimum Gasteiger partial charge on any atom is -0.492 e. The summed E-state index contributed by atoms with van der Waals surface area (Å²) in [5, 5.41) is 24.3. The van der Waals surface area contributed by atoms with E-state index in [1.54, 1.807) is 24.3 Å². The maximum Gasteiger partial charge on any atom is 0.416 e. The number of alkyl halides is 3. The standard InChI is InChI=1S/C17H11F3N4O3/c18-17(19,20)10-4-3-5-11(8-10)22-16(25)15-9-14(24(26)27)12-6-1-2-7-13(12)23(15)21-22/h1-9,21,25H. The topological polar surface area (TPSA) is 81.9 Å². The fraction of sp³-hybridized carbons (Fsp3) is 0.0588. The maximum absolute atomic E-state index is 13.0. The lowest BCUT2D eigenvalue weighted by molar-refractivity contribution is -0.375. The predicted molar refractivity (Wildman–Crippen MR) is 90.6 cm³/mol.